The van der Waals surface area contributed by atoms with Crippen LogP contribution < -0.4 is 0 Å². The zero-order valence-corrected chi connectivity index (χ0v) is 8.19. The number of azo groups is 1. The summed E-state index contributed by atoms with van der Waals surface area (Å²) in [5.41, 5.74) is 0.909. The topological polar surface area (TPSA) is 43.2 Å². The third-order valence-corrected chi connectivity index (χ3v) is 1.67. The van der Waals surface area contributed by atoms with Crippen molar-refractivity contribution in [1.82, 2.24) is 0 Å². The minimum Gasteiger partial charge on any atom is -0.379 e. The maximum atomic E-state index is 5.23. The summed E-state index contributed by atoms with van der Waals surface area (Å²) >= 11 is 0. The Morgan fingerprint density at radius 2 is 2.08 bits per heavy atom. The summed E-state index contributed by atoms with van der Waals surface area (Å²) in [5, 5.41) is 8.02. The molecule has 4 heteroatoms. The molecule has 0 fully saturated rings. The van der Waals surface area contributed by atoms with Crippen molar-refractivity contribution in [2.75, 3.05) is 26.4 Å². The highest BCUT2D eigenvalue weighted by molar-refractivity contribution is 5.09. The first-order valence-electron chi connectivity index (χ1n) is 4.63. The largest absolute Gasteiger partial charge is 0.379 e. The van der Waals surface area contributed by atoms with Crippen molar-refractivity contribution in [1.29, 1.82) is 0 Å². The average Bonchev–Trinajstić information content (AvgIpc) is 2.59. The Bertz CT molecular complexity index is 202. The first-order valence-corrected chi connectivity index (χ1v) is 4.63. The number of nitrogens with zero attached hydrogens (tertiary/aromatic N) is 2. The fourth-order valence-corrected chi connectivity index (χ4v) is 1.04. The summed E-state index contributed by atoms with van der Waals surface area (Å²) in [4.78, 5) is 0. The lowest BCUT2D eigenvalue weighted by Gasteiger charge is -2.01. The predicted molar refractivity (Wildman–Crippen MR) is 49.7 cm³/mol. The molecule has 0 saturated carbocycles. The molecule has 0 aromatic rings. The van der Waals surface area contributed by atoms with E-state index < -0.39 is 0 Å². The van der Waals surface area contributed by atoms with Gasteiger partial charge in [-0.15, -0.1) is 0 Å². The molecule has 0 N–H and O–H groups in total. The van der Waals surface area contributed by atoms with Crippen LogP contribution in [0.2, 0.25) is 0 Å². The van der Waals surface area contributed by atoms with Gasteiger partial charge in [0.05, 0.1) is 18.9 Å². The summed E-state index contributed by atoms with van der Waals surface area (Å²) in [6, 6.07) is 0.0930. The van der Waals surface area contributed by atoms with Gasteiger partial charge in [0, 0.05) is 13.2 Å². The second-order valence-electron chi connectivity index (χ2n) is 2.74. The second-order valence-corrected chi connectivity index (χ2v) is 2.74. The molecular formula is C9H16N2O2. The first kappa shape index (κ1) is 10.3. The summed E-state index contributed by atoms with van der Waals surface area (Å²) in [5.74, 6) is 0. The second kappa shape index (κ2) is 5.83. The number of ether oxygens (including phenoxy) is 2. The summed E-state index contributed by atoms with van der Waals surface area (Å²) in [7, 11) is 0. The van der Waals surface area contributed by atoms with Crippen LogP contribution in [0.25, 0.3) is 0 Å². The number of rotatable bonds is 6. The molecule has 0 amide bonds. The molecular weight excluding hydrogens is 168 g/mol. The van der Waals surface area contributed by atoms with Crippen LogP contribution in [0, 0.1) is 0 Å². The van der Waals surface area contributed by atoms with Crippen molar-refractivity contribution in [3.8, 4) is 0 Å². The lowest BCUT2D eigenvalue weighted by Crippen LogP contribution is -2.08. The Hall–Kier alpha value is -0.740. The van der Waals surface area contributed by atoms with Gasteiger partial charge >= 0.3 is 0 Å². The van der Waals surface area contributed by atoms with Crippen molar-refractivity contribution in [3.05, 3.63) is 11.8 Å². The Labute approximate surface area is 78.6 Å². The molecule has 0 aromatic carbocycles. The zero-order chi connectivity index (χ0) is 9.52. The molecule has 1 atom stereocenters. The molecule has 0 radical (unpaired) electrons. The number of hydrogen-bond acceptors (Lipinski definition) is 4. The fraction of sp³-hybridized carbons (Fsp3) is 0.778. The molecule has 74 valence electrons. The van der Waals surface area contributed by atoms with Gasteiger partial charge in [0.1, 0.15) is 6.04 Å². The van der Waals surface area contributed by atoms with E-state index in [4.69, 9.17) is 9.47 Å². The Morgan fingerprint density at radius 3 is 2.77 bits per heavy atom. The lowest BCUT2D eigenvalue weighted by molar-refractivity contribution is 0.142. The van der Waals surface area contributed by atoms with Crippen LogP contribution in [0.15, 0.2) is 22.0 Å². The van der Waals surface area contributed by atoms with Crippen LogP contribution in [0.5, 0.6) is 0 Å². The normalized spacial score (nSPS) is 20.8. The van der Waals surface area contributed by atoms with Crippen LogP contribution in [0.4, 0.5) is 0 Å². The van der Waals surface area contributed by atoms with Crippen LogP contribution in [0.1, 0.15) is 13.8 Å². The van der Waals surface area contributed by atoms with Crippen molar-refractivity contribution in [2.45, 2.75) is 19.9 Å². The van der Waals surface area contributed by atoms with Crippen LogP contribution in [-0.2, 0) is 9.47 Å². The molecule has 1 aliphatic rings. The van der Waals surface area contributed by atoms with E-state index in [0.717, 1.165) is 12.3 Å². The summed E-state index contributed by atoms with van der Waals surface area (Å²) in [6.07, 6.45) is 1.99. The highest BCUT2D eigenvalue weighted by atomic mass is 16.5. The summed E-state index contributed by atoms with van der Waals surface area (Å²) < 4.78 is 10.4. The molecule has 1 rings (SSSR count). The van der Waals surface area contributed by atoms with Gasteiger partial charge in [0.15, 0.2) is 0 Å². The van der Waals surface area contributed by atoms with E-state index in [1.165, 1.54) is 0 Å². The average molecular weight is 184 g/mol. The molecule has 0 spiro atoms. The Morgan fingerprint density at radius 1 is 1.31 bits per heavy atom. The standard InChI is InChI=1S/C9H16N2O2/c1-3-12-6-8-5-9(11-10-8)7-13-4-2/h5,8H,3-4,6-7H2,1-2H3. The molecule has 13 heavy (non-hydrogen) atoms. The molecule has 0 bridgehead atoms. The van der Waals surface area contributed by atoms with Gasteiger partial charge in [-0.2, -0.15) is 10.2 Å². The predicted octanol–water partition coefficient (Wildman–Crippen LogP) is 1.78. The highest BCUT2D eigenvalue weighted by Gasteiger charge is 2.11. The minimum absolute atomic E-state index is 0.0930. The van der Waals surface area contributed by atoms with Gasteiger partial charge in [-0.3, -0.25) is 0 Å². The summed E-state index contributed by atoms with van der Waals surface area (Å²) in [6.45, 7) is 6.54. The van der Waals surface area contributed by atoms with E-state index in [9.17, 15) is 0 Å². The van der Waals surface area contributed by atoms with Crippen LogP contribution in [0.3, 0.4) is 0 Å². The van der Waals surface area contributed by atoms with Crippen molar-refractivity contribution in [2.24, 2.45) is 10.2 Å². The van der Waals surface area contributed by atoms with E-state index in [-0.39, 0.29) is 6.04 Å². The monoisotopic (exact) mass is 184 g/mol. The molecule has 1 aliphatic heterocycles. The zero-order valence-electron chi connectivity index (χ0n) is 8.19. The van der Waals surface area contributed by atoms with Gasteiger partial charge in [0.25, 0.3) is 0 Å². The molecule has 1 heterocycles. The lowest BCUT2D eigenvalue weighted by atomic mass is 10.3. The third-order valence-electron chi connectivity index (χ3n) is 1.67. The van der Waals surface area contributed by atoms with Crippen molar-refractivity contribution in [3.63, 3.8) is 0 Å². The van der Waals surface area contributed by atoms with Crippen LogP contribution >= 0.6 is 0 Å². The third kappa shape index (κ3) is 3.65. The Kier molecular flexibility index (Phi) is 4.64. The molecule has 0 aliphatic carbocycles. The van der Waals surface area contributed by atoms with E-state index in [1.807, 2.05) is 19.9 Å². The van der Waals surface area contributed by atoms with Gasteiger partial charge in [-0.25, -0.2) is 0 Å². The van der Waals surface area contributed by atoms with Crippen molar-refractivity contribution >= 4 is 0 Å². The van der Waals surface area contributed by atoms with E-state index in [0.29, 0.717) is 19.8 Å². The highest BCUT2D eigenvalue weighted by Crippen LogP contribution is 2.12. The van der Waals surface area contributed by atoms with E-state index in [2.05, 4.69) is 10.2 Å². The SMILES string of the molecule is CCOCC1=CC(COCC)N=N1. The van der Waals surface area contributed by atoms with Gasteiger partial charge in [-0.1, -0.05) is 0 Å². The van der Waals surface area contributed by atoms with Gasteiger partial charge in [-0.05, 0) is 19.9 Å². The molecule has 0 saturated heterocycles. The van der Waals surface area contributed by atoms with Gasteiger partial charge in [0.2, 0.25) is 0 Å². The van der Waals surface area contributed by atoms with E-state index in [1.54, 1.807) is 0 Å². The first-order chi connectivity index (χ1) is 6.36. The molecule has 0 aromatic heterocycles. The maximum absolute atomic E-state index is 5.23. The maximum Gasteiger partial charge on any atom is 0.115 e. The van der Waals surface area contributed by atoms with Crippen molar-refractivity contribution < 1.29 is 9.47 Å². The quantitative estimate of drug-likeness (QED) is 0.631. The molecule has 4 nitrogen and oxygen atoms in total. The number of hydrogen-bond donors (Lipinski definition) is 0. The van der Waals surface area contributed by atoms with Crippen LogP contribution in [-0.4, -0.2) is 32.5 Å². The minimum atomic E-state index is 0.0930. The molecule has 1 unspecified atom stereocenters. The fourth-order valence-electron chi connectivity index (χ4n) is 1.04. The van der Waals surface area contributed by atoms with Gasteiger partial charge < -0.3 is 9.47 Å². The smallest absolute Gasteiger partial charge is 0.115 e. The van der Waals surface area contributed by atoms with E-state index >= 15 is 0 Å². The Balaban J connectivity index is 2.24.